The minimum atomic E-state index is -0.200. The zero-order valence-electron chi connectivity index (χ0n) is 10.0. The van der Waals surface area contributed by atoms with Gasteiger partial charge in [-0.2, -0.15) is 5.10 Å². The Hall–Kier alpha value is -1.68. The molecule has 2 rings (SSSR count). The summed E-state index contributed by atoms with van der Waals surface area (Å²) < 4.78 is 14.5. The van der Waals surface area contributed by atoms with Crippen molar-refractivity contribution >= 4 is 0 Å². The molecule has 0 radical (unpaired) electrons. The average molecular weight is 233 g/mol. The minimum absolute atomic E-state index is 0.200. The van der Waals surface area contributed by atoms with Gasteiger partial charge in [0.1, 0.15) is 5.82 Å². The number of hydrogen-bond donors (Lipinski definition) is 1. The van der Waals surface area contributed by atoms with Crippen LogP contribution in [0.15, 0.2) is 36.7 Å². The van der Waals surface area contributed by atoms with Gasteiger partial charge >= 0.3 is 0 Å². The molecular formula is C13H16FN3. The van der Waals surface area contributed by atoms with E-state index in [0.717, 1.165) is 17.7 Å². The molecule has 0 aliphatic carbocycles. The quantitative estimate of drug-likeness (QED) is 0.878. The molecule has 0 aliphatic heterocycles. The Bertz CT molecular complexity index is 476. The maximum Gasteiger partial charge on any atom is 0.123 e. The first-order chi connectivity index (χ1) is 8.15. The number of aryl methyl sites for hydroxylation is 1. The highest BCUT2D eigenvalue weighted by atomic mass is 19.1. The van der Waals surface area contributed by atoms with Crippen LogP contribution in [0.5, 0.6) is 0 Å². The average Bonchev–Trinajstić information content (AvgIpc) is 2.75. The lowest BCUT2D eigenvalue weighted by Crippen LogP contribution is -2.17. The number of halogens is 1. The molecule has 0 bridgehead atoms. The molecule has 1 aromatic heterocycles. The summed E-state index contributed by atoms with van der Waals surface area (Å²) in [7, 11) is 1.90. The van der Waals surface area contributed by atoms with E-state index in [0.29, 0.717) is 0 Å². The van der Waals surface area contributed by atoms with Gasteiger partial charge in [0.05, 0.1) is 6.20 Å². The number of hydrogen-bond acceptors (Lipinski definition) is 2. The molecule has 0 saturated carbocycles. The summed E-state index contributed by atoms with van der Waals surface area (Å²) >= 11 is 0. The van der Waals surface area contributed by atoms with Gasteiger partial charge in [-0.3, -0.25) is 4.68 Å². The Kier molecular flexibility index (Phi) is 3.54. The van der Waals surface area contributed by atoms with Crippen LogP contribution in [0.25, 0.3) is 0 Å². The molecule has 17 heavy (non-hydrogen) atoms. The summed E-state index contributed by atoms with van der Waals surface area (Å²) in [5, 5.41) is 7.50. The van der Waals surface area contributed by atoms with Crippen molar-refractivity contribution in [3.63, 3.8) is 0 Å². The van der Waals surface area contributed by atoms with Crippen LogP contribution < -0.4 is 5.32 Å². The van der Waals surface area contributed by atoms with E-state index in [4.69, 9.17) is 0 Å². The van der Waals surface area contributed by atoms with Gasteiger partial charge in [0, 0.05) is 31.4 Å². The van der Waals surface area contributed by atoms with E-state index >= 15 is 0 Å². The Labute approximate surface area is 100 Å². The highest BCUT2D eigenvalue weighted by Gasteiger charge is 2.06. The van der Waals surface area contributed by atoms with E-state index in [9.17, 15) is 4.39 Å². The standard InChI is InChI=1S/C13H16FN3/c1-10(12-8-16-17(2)9-12)15-7-11-3-5-13(14)6-4-11/h3-6,8-10,15H,7H2,1-2H3. The van der Waals surface area contributed by atoms with Crippen molar-refractivity contribution in [1.82, 2.24) is 15.1 Å². The molecule has 0 aliphatic rings. The van der Waals surface area contributed by atoms with Crippen molar-refractivity contribution in [2.45, 2.75) is 19.5 Å². The summed E-state index contributed by atoms with van der Waals surface area (Å²) in [5.41, 5.74) is 2.22. The van der Waals surface area contributed by atoms with Crippen molar-refractivity contribution < 1.29 is 4.39 Å². The fourth-order valence-corrected chi connectivity index (χ4v) is 1.65. The first-order valence-corrected chi connectivity index (χ1v) is 5.61. The summed E-state index contributed by atoms with van der Waals surface area (Å²) in [5.74, 6) is -0.200. The largest absolute Gasteiger partial charge is 0.306 e. The summed E-state index contributed by atoms with van der Waals surface area (Å²) in [6.45, 7) is 2.80. The Morgan fingerprint density at radius 1 is 1.35 bits per heavy atom. The number of rotatable bonds is 4. The maximum atomic E-state index is 12.7. The molecule has 4 heteroatoms. The second-order valence-electron chi connectivity index (χ2n) is 4.18. The van der Waals surface area contributed by atoms with Gasteiger partial charge in [-0.1, -0.05) is 12.1 Å². The van der Waals surface area contributed by atoms with E-state index in [1.54, 1.807) is 16.8 Å². The summed E-state index contributed by atoms with van der Waals surface area (Å²) in [4.78, 5) is 0. The van der Waals surface area contributed by atoms with Crippen LogP contribution in [-0.4, -0.2) is 9.78 Å². The zero-order valence-corrected chi connectivity index (χ0v) is 10.0. The summed E-state index contributed by atoms with van der Waals surface area (Å²) in [6, 6.07) is 6.77. The molecule has 3 nitrogen and oxygen atoms in total. The van der Waals surface area contributed by atoms with Crippen LogP contribution in [0.4, 0.5) is 4.39 Å². The monoisotopic (exact) mass is 233 g/mol. The second-order valence-corrected chi connectivity index (χ2v) is 4.18. The predicted octanol–water partition coefficient (Wildman–Crippen LogP) is 2.41. The summed E-state index contributed by atoms with van der Waals surface area (Å²) in [6.07, 6.45) is 3.84. The molecule has 1 unspecified atom stereocenters. The fourth-order valence-electron chi connectivity index (χ4n) is 1.65. The van der Waals surface area contributed by atoms with Crippen LogP contribution in [0.1, 0.15) is 24.1 Å². The van der Waals surface area contributed by atoms with Crippen molar-refractivity contribution in [3.8, 4) is 0 Å². The molecule has 0 spiro atoms. The lowest BCUT2D eigenvalue weighted by atomic mass is 10.1. The van der Waals surface area contributed by atoms with Crippen molar-refractivity contribution in [3.05, 3.63) is 53.6 Å². The van der Waals surface area contributed by atoms with Crippen molar-refractivity contribution in [1.29, 1.82) is 0 Å². The number of nitrogens with zero attached hydrogens (tertiary/aromatic N) is 2. The number of benzene rings is 1. The highest BCUT2D eigenvalue weighted by molar-refractivity contribution is 5.16. The molecule has 0 fully saturated rings. The molecule has 1 atom stereocenters. The van der Waals surface area contributed by atoms with Crippen LogP contribution in [0.2, 0.25) is 0 Å². The third-order valence-corrected chi connectivity index (χ3v) is 2.75. The lowest BCUT2D eigenvalue weighted by Gasteiger charge is -2.11. The maximum absolute atomic E-state index is 12.7. The van der Waals surface area contributed by atoms with E-state index in [-0.39, 0.29) is 11.9 Å². The predicted molar refractivity (Wildman–Crippen MR) is 64.9 cm³/mol. The van der Waals surface area contributed by atoms with E-state index in [2.05, 4.69) is 17.3 Å². The van der Waals surface area contributed by atoms with Crippen molar-refractivity contribution in [2.75, 3.05) is 0 Å². The molecular weight excluding hydrogens is 217 g/mol. The Morgan fingerprint density at radius 2 is 2.06 bits per heavy atom. The van der Waals surface area contributed by atoms with Gasteiger partial charge in [-0.25, -0.2) is 4.39 Å². The smallest absolute Gasteiger partial charge is 0.123 e. The molecule has 90 valence electrons. The molecule has 2 aromatic rings. The van der Waals surface area contributed by atoms with Crippen molar-refractivity contribution in [2.24, 2.45) is 7.05 Å². The first kappa shape index (κ1) is 11.8. The molecule has 1 N–H and O–H groups in total. The SMILES string of the molecule is CC(NCc1ccc(F)cc1)c1cnn(C)c1. The van der Waals surface area contributed by atoms with Crippen LogP contribution in [-0.2, 0) is 13.6 Å². The Morgan fingerprint density at radius 3 is 2.65 bits per heavy atom. The Balaban J connectivity index is 1.92. The highest BCUT2D eigenvalue weighted by Crippen LogP contribution is 2.11. The van der Waals surface area contributed by atoms with Gasteiger partial charge in [0.2, 0.25) is 0 Å². The van der Waals surface area contributed by atoms with E-state index in [1.807, 2.05) is 19.4 Å². The molecule has 0 saturated heterocycles. The fraction of sp³-hybridized carbons (Fsp3) is 0.308. The third kappa shape index (κ3) is 3.14. The molecule has 1 heterocycles. The van der Waals surface area contributed by atoms with Crippen LogP contribution in [0, 0.1) is 5.82 Å². The van der Waals surface area contributed by atoms with Gasteiger partial charge in [0.25, 0.3) is 0 Å². The van der Waals surface area contributed by atoms with Gasteiger partial charge in [0.15, 0.2) is 0 Å². The van der Waals surface area contributed by atoms with E-state index in [1.165, 1.54) is 12.1 Å². The third-order valence-electron chi connectivity index (χ3n) is 2.75. The lowest BCUT2D eigenvalue weighted by molar-refractivity contribution is 0.572. The van der Waals surface area contributed by atoms with Gasteiger partial charge in [-0.05, 0) is 24.6 Å². The normalized spacial score (nSPS) is 12.6. The molecule has 0 amide bonds. The molecule has 1 aromatic carbocycles. The number of aromatic nitrogens is 2. The minimum Gasteiger partial charge on any atom is -0.306 e. The van der Waals surface area contributed by atoms with Crippen LogP contribution >= 0.6 is 0 Å². The first-order valence-electron chi connectivity index (χ1n) is 5.61. The van der Waals surface area contributed by atoms with Gasteiger partial charge in [-0.15, -0.1) is 0 Å². The van der Waals surface area contributed by atoms with Crippen LogP contribution in [0.3, 0.4) is 0 Å². The topological polar surface area (TPSA) is 29.9 Å². The van der Waals surface area contributed by atoms with E-state index < -0.39 is 0 Å². The second kappa shape index (κ2) is 5.10. The number of nitrogens with one attached hydrogen (secondary N) is 1. The van der Waals surface area contributed by atoms with Gasteiger partial charge < -0.3 is 5.32 Å². The zero-order chi connectivity index (χ0) is 12.3.